The van der Waals surface area contributed by atoms with E-state index in [4.69, 9.17) is 0 Å². The highest BCUT2D eigenvalue weighted by Gasteiger charge is 2.45. The summed E-state index contributed by atoms with van der Waals surface area (Å²) in [7, 11) is 0. The predicted molar refractivity (Wildman–Crippen MR) is 85.9 cm³/mol. The number of amides is 2. The van der Waals surface area contributed by atoms with Crippen molar-refractivity contribution in [1.82, 2.24) is 4.90 Å². The van der Waals surface area contributed by atoms with Crippen LogP contribution in [-0.2, 0) is 0 Å². The molecule has 0 saturated heterocycles. The average molecular weight is 313 g/mol. The monoisotopic (exact) mass is 313 g/mol. The SMILES string of the molecule is CC(C)(C)[C@@H](C(O)O)N1C(=O)c2cccc3cccc(c23)C1=O. The smallest absolute Gasteiger partial charge is 0.261 e. The molecule has 0 bridgehead atoms. The molecule has 120 valence electrons. The minimum atomic E-state index is -1.81. The summed E-state index contributed by atoms with van der Waals surface area (Å²) in [6.45, 7) is 5.29. The van der Waals surface area contributed by atoms with Crippen molar-refractivity contribution in [1.29, 1.82) is 0 Å². The van der Waals surface area contributed by atoms with E-state index < -0.39 is 29.6 Å². The van der Waals surface area contributed by atoms with Crippen molar-refractivity contribution in [2.24, 2.45) is 5.41 Å². The molecule has 1 heterocycles. The van der Waals surface area contributed by atoms with E-state index in [2.05, 4.69) is 0 Å². The highest BCUT2D eigenvalue weighted by atomic mass is 16.5. The Balaban J connectivity index is 2.25. The van der Waals surface area contributed by atoms with Crippen LogP contribution in [0.25, 0.3) is 10.8 Å². The molecule has 1 aliphatic heterocycles. The Morgan fingerprint density at radius 2 is 1.39 bits per heavy atom. The van der Waals surface area contributed by atoms with Gasteiger partial charge in [-0.3, -0.25) is 14.5 Å². The molecular formula is C18H19NO4. The van der Waals surface area contributed by atoms with Crippen LogP contribution in [0.1, 0.15) is 41.5 Å². The Labute approximate surface area is 134 Å². The van der Waals surface area contributed by atoms with Gasteiger partial charge in [0, 0.05) is 16.5 Å². The van der Waals surface area contributed by atoms with Crippen LogP contribution < -0.4 is 0 Å². The molecule has 0 radical (unpaired) electrons. The van der Waals surface area contributed by atoms with E-state index >= 15 is 0 Å². The van der Waals surface area contributed by atoms with Gasteiger partial charge in [-0.1, -0.05) is 45.0 Å². The number of carbonyl (C=O) groups is 2. The Kier molecular flexibility index (Phi) is 3.50. The zero-order chi connectivity index (χ0) is 16.9. The van der Waals surface area contributed by atoms with Crippen molar-refractivity contribution >= 4 is 22.6 Å². The minimum absolute atomic E-state index is 0.410. The maximum Gasteiger partial charge on any atom is 0.261 e. The van der Waals surface area contributed by atoms with Gasteiger partial charge in [-0.15, -0.1) is 0 Å². The number of benzene rings is 2. The predicted octanol–water partition coefficient (Wildman–Crippen LogP) is 2.16. The summed E-state index contributed by atoms with van der Waals surface area (Å²) >= 11 is 0. The molecule has 1 atom stereocenters. The first-order valence-electron chi connectivity index (χ1n) is 7.49. The number of aliphatic hydroxyl groups excluding tert-OH is 1. The number of hydrogen-bond acceptors (Lipinski definition) is 4. The third-order valence-electron chi connectivity index (χ3n) is 4.25. The van der Waals surface area contributed by atoms with Crippen molar-refractivity contribution in [3.8, 4) is 0 Å². The molecule has 2 aromatic carbocycles. The minimum Gasteiger partial charge on any atom is -0.366 e. The Morgan fingerprint density at radius 3 is 1.78 bits per heavy atom. The van der Waals surface area contributed by atoms with Crippen LogP contribution >= 0.6 is 0 Å². The van der Waals surface area contributed by atoms with Gasteiger partial charge < -0.3 is 10.2 Å². The van der Waals surface area contributed by atoms with Crippen molar-refractivity contribution in [3.63, 3.8) is 0 Å². The normalized spacial score (nSPS) is 16.3. The average Bonchev–Trinajstić information content (AvgIpc) is 2.47. The highest BCUT2D eigenvalue weighted by Crippen LogP contribution is 2.35. The number of carbonyl (C=O) groups excluding carboxylic acids is 2. The second-order valence-corrected chi connectivity index (χ2v) is 6.91. The lowest BCUT2D eigenvalue weighted by molar-refractivity contribution is -0.115. The standard InChI is InChI=1S/C18H19NO4/c1-18(2,3)14(17(22)23)19-15(20)11-8-4-6-10-7-5-9-12(13(10)11)16(19)21/h4-9,14,17,22-23H,1-3H3/t14-/m1/s1. The summed E-state index contributed by atoms with van der Waals surface area (Å²) in [4.78, 5) is 26.8. The van der Waals surface area contributed by atoms with Crippen LogP contribution in [-0.4, -0.2) is 39.3 Å². The fraction of sp³-hybridized carbons (Fsp3) is 0.333. The van der Waals surface area contributed by atoms with Crippen molar-refractivity contribution in [3.05, 3.63) is 47.5 Å². The van der Waals surface area contributed by atoms with Gasteiger partial charge in [-0.05, 0) is 22.9 Å². The Bertz CT molecular complexity index is 754. The van der Waals surface area contributed by atoms with E-state index in [9.17, 15) is 19.8 Å². The van der Waals surface area contributed by atoms with Gasteiger partial charge in [0.15, 0.2) is 6.29 Å². The van der Waals surface area contributed by atoms with Gasteiger partial charge in [0.05, 0.1) is 6.04 Å². The van der Waals surface area contributed by atoms with Crippen LogP contribution in [0, 0.1) is 5.41 Å². The van der Waals surface area contributed by atoms with Crippen LogP contribution in [0.3, 0.4) is 0 Å². The first-order valence-corrected chi connectivity index (χ1v) is 7.49. The first kappa shape index (κ1) is 15.6. The largest absolute Gasteiger partial charge is 0.366 e. The quantitative estimate of drug-likeness (QED) is 0.658. The lowest BCUT2D eigenvalue weighted by Crippen LogP contribution is -2.57. The second-order valence-electron chi connectivity index (χ2n) is 6.91. The lowest BCUT2D eigenvalue weighted by Gasteiger charge is -2.41. The number of rotatable bonds is 2. The third-order valence-corrected chi connectivity index (χ3v) is 4.25. The van der Waals surface area contributed by atoms with Gasteiger partial charge in [0.25, 0.3) is 11.8 Å². The first-order chi connectivity index (χ1) is 10.7. The van der Waals surface area contributed by atoms with Crippen molar-refractivity contribution < 1.29 is 19.8 Å². The van der Waals surface area contributed by atoms with Gasteiger partial charge in [0.1, 0.15) is 0 Å². The number of hydrogen-bond donors (Lipinski definition) is 2. The summed E-state index contributed by atoms with van der Waals surface area (Å²) in [5.41, 5.74) is 0.139. The van der Waals surface area contributed by atoms with Gasteiger partial charge in [-0.25, -0.2) is 0 Å². The summed E-state index contributed by atoms with van der Waals surface area (Å²) < 4.78 is 0. The van der Waals surface area contributed by atoms with Crippen LogP contribution in [0.15, 0.2) is 36.4 Å². The maximum absolute atomic E-state index is 12.9. The molecule has 23 heavy (non-hydrogen) atoms. The van der Waals surface area contributed by atoms with Gasteiger partial charge >= 0.3 is 0 Å². The molecule has 0 fully saturated rings. The van der Waals surface area contributed by atoms with E-state index in [1.165, 1.54) is 0 Å². The van der Waals surface area contributed by atoms with E-state index in [1.807, 2.05) is 12.1 Å². The molecule has 0 spiro atoms. The summed E-state index contributed by atoms with van der Waals surface area (Å²) in [6, 6.07) is 9.50. The van der Waals surface area contributed by atoms with Crippen molar-refractivity contribution in [2.45, 2.75) is 33.1 Å². The maximum atomic E-state index is 12.9. The second kappa shape index (κ2) is 5.15. The number of aliphatic hydroxyl groups is 2. The fourth-order valence-corrected chi connectivity index (χ4v) is 3.27. The van der Waals surface area contributed by atoms with Crippen LogP contribution in [0.2, 0.25) is 0 Å². The van der Waals surface area contributed by atoms with Crippen molar-refractivity contribution in [2.75, 3.05) is 0 Å². The molecule has 0 aromatic heterocycles. The molecule has 5 nitrogen and oxygen atoms in total. The molecule has 2 amide bonds. The number of nitrogens with zero attached hydrogens (tertiary/aromatic N) is 1. The van der Waals surface area contributed by atoms with Crippen LogP contribution in [0.5, 0.6) is 0 Å². The molecule has 3 rings (SSSR count). The fourth-order valence-electron chi connectivity index (χ4n) is 3.27. The molecule has 0 saturated carbocycles. The molecular weight excluding hydrogens is 294 g/mol. The summed E-state index contributed by atoms with van der Waals surface area (Å²) in [5, 5.41) is 21.0. The Hall–Kier alpha value is -2.24. The summed E-state index contributed by atoms with van der Waals surface area (Å²) in [5.74, 6) is -0.986. The molecule has 2 aromatic rings. The van der Waals surface area contributed by atoms with Crippen LogP contribution in [0.4, 0.5) is 0 Å². The molecule has 2 N–H and O–H groups in total. The molecule has 0 unspecified atom stereocenters. The summed E-state index contributed by atoms with van der Waals surface area (Å²) in [6.07, 6.45) is -1.81. The van der Waals surface area contributed by atoms with E-state index in [0.29, 0.717) is 16.5 Å². The topological polar surface area (TPSA) is 77.8 Å². The van der Waals surface area contributed by atoms with E-state index in [1.54, 1.807) is 45.0 Å². The molecule has 0 aliphatic carbocycles. The zero-order valence-electron chi connectivity index (χ0n) is 13.3. The van der Waals surface area contributed by atoms with E-state index in [0.717, 1.165) is 10.3 Å². The molecule has 5 heteroatoms. The highest BCUT2D eigenvalue weighted by molar-refractivity contribution is 6.25. The van der Waals surface area contributed by atoms with E-state index in [-0.39, 0.29) is 0 Å². The third kappa shape index (κ3) is 2.33. The van der Waals surface area contributed by atoms with Gasteiger partial charge in [-0.2, -0.15) is 0 Å². The lowest BCUT2D eigenvalue weighted by atomic mass is 9.83. The number of imide groups is 1. The molecule has 1 aliphatic rings. The van der Waals surface area contributed by atoms with Gasteiger partial charge in [0.2, 0.25) is 0 Å². The Morgan fingerprint density at radius 1 is 0.913 bits per heavy atom. The zero-order valence-corrected chi connectivity index (χ0v) is 13.3.